The third kappa shape index (κ3) is 2.01. The van der Waals surface area contributed by atoms with Crippen LogP contribution in [-0.2, 0) is 10.1 Å². The van der Waals surface area contributed by atoms with Crippen LogP contribution in [0, 0.1) is 0 Å². The summed E-state index contributed by atoms with van der Waals surface area (Å²) >= 11 is 0. The van der Waals surface area contributed by atoms with Crippen molar-refractivity contribution in [2.75, 3.05) is 45.1 Å². The minimum atomic E-state index is -4.07. The minimum absolute atomic E-state index is 0.208. The van der Waals surface area contributed by atoms with E-state index < -0.39 is 10.1 Å². The summed E-state index contributed by atoms with van der Waals surface area (Å²) in [5, 5.41) is 0. The number of rotatable bonds is 2. The molecular weight excluding hydrogens is 192 g/mol. The van der Waals surface area contributed by atoms with E-state index in [9.17, 15) is 13.0 Å². The van der Waals surface area contributed by atoms with Gasteiger partial charge in [0.2, 0.25) is 0 Å². The number of hydrogen-bond acceptors (Lipinski definition) is 4. The van der Waals surface area contributed by atoms with Gasteiger partial charge in [0.25, 0.3) is 0 Å². The van der Waals surface area contributed by atoms with Crippen molar-refractivity contribution in [2.24, 2.45) is 0 Å². The molecule has 5 nitrogen and oxygen atoms in total. The van der Waals surface area contributed by atoms with Crippen LogP contribution < -0.4 is 0 Å². The van der Waals surface area contributed by atoms with Gasteiger partial charge in [-0.25, -0.2) is 8.42 Å². The number of nitrogens with zero attached hydrogens (tertiary/aromatic N) is 2. The summed E-state index contributed by atoms with van der Waals surface area (Å²) in [4.78, 5) is 2.32. The van der Waals surface area contributed by atoms with E-state index >= 15 is 0 Å². The lowest BCUT2D eigenvalue weighted by molar-refractivity contribution is -0.930. The van der Waals surface area contributed by atoms with Crippen LogP contribution in [0.4, 0.5) is 0 Å². The molecule has 3 fully saturated rings. The highest BCUT2D eigenvalue weighted by molar-refractivity contribution is 7.85. The molecule has 0 atom stereocenters. The van der Waals surface area contributed by atoms with E-state index in [-0.39, 0.29) is 5.88 Å². The normalized spacial score (nSPS) is 39.3. The molecule has 3 heterocycles. The monoisotopic (exact) mass is 206 g/mol. The number of piperazine rings is 3. The second-order valence-corrected chi connectivity index (χ2v) is 5.41. The largest absolute Gasteiger partial charge is 0.744 e. The quantitative estimate of drug-likeness (QED) is 0.413. The average Bonchev–Trinajstić information content (AvgIpc) is 2.03. The summed E-state index contributed by atoms with van der Waals surface area (Å²) in [7, 11) is -4.07. The minimum Gasteiger partial charge on any atom is -0.744 e. The van der Waals surface area contributed by atoms with E-state index in [0.717, 1.165) is 39.3 Å². The molecule has 76 valence electrons. The third-order valence-electron chi connectivity index (χ3n) is 3.10. The van der Waals surface area contributed by atoms with Crippen molar-refractivity contribution in [2.45, 2.75) is 0 Å². The Bertz CT molecular complexity index is 279. The van der Waals surface area contributed by atoms with Crippen LogP contribution in [0.15, 0.2) is 0 Å². The number of fused-ring (bicyclic) bond motifs is 3. The van der Waals surface area contributed by atoms with Gasteiger partial charge in [-0.3, -0.25) is 4.90 Å². The fourth-order valence-electron chi connectivity index (χ4n) is 2.26. The summed E-state index contributed by atoms with van der Waals surface area (Å²) in [6.07, 6.45) is 0. The van der Waals surface area contributed by atoms with Crippen molar-refractivity contribution < 1.29 is 17.5 Å². The molecule has 0 unspecified atom stereocenters. The van der Waals surface area contributed by atoms with E-state index in [4.69, 9.17) is 0 Å². The second-order valence-electron chi connectivity index (χ2n) is 4.04. The highest BCUT2D eigenvalue weighted by atomic mass is 32.2. The third-order valence-corrected chi connectivity index (χ3v) is 3.97. The Kier molecular flexibility index (Phi) is 2.10. The maximum Gasteiger partial charge on any atom is 0.169 e. The molecule has 0 aromatic carbocycles. The zero-order chi connectivity index (χ0) is 9.53. The molecular formula is C7H14N2O3S. The summed E-state index contributed by atoms with van der Waals surface area (Å²) in [6.45, 7) is 5.28. The highest BCUT2D eigenvalue weighted by Crippen LogP contribution is 2.19. The van der Waals surface area contributed by atoms with E-state index in [1.807, 2.05) is 0 Å². The first-order valence-electron chi connectivity index (χ1n) is 4.50. The Morgan fingerprint density at radius 2 is 1.62 bits per heavy atom. The lowest BCUT2D eigenvalue weighted by Crippen LogP contribution is -2.68. The zero-order valence-corrected chi connectivity index (χ0v) is 8.29. The van der Waals surface area contributed by atoms with Crippen molar-refractivity contribution >= 4 is 10.1 Å². The van der Waals surface area contributed by atoms with Gasteiger partial charge < -0.3 is 9.04 Å². The van der Waals surface area contributed by atoms with E-state index in [1.165, 1.54) is 0 Å². The molecule has 6 heteroatoms. The molecule has 2 bridgehead atoms. The Morgan fingerprint density at radius 1 is 1.15 bits per heavy atom. The maximum atomic E-state index is 10.7. The van der Waals surface area contributed by atoms with Gasteiger partial charge in [-0.15, -0.1) is 0 Å². The summed E-state index contributed by atoms with van der Waals surface area (Å²) in [5.41, 5.74) is 0. The maximum absolute atomic E-state index is 10.7. The summed E-state index contributed by atoms with van der Waals surface area (Å²) < 4.78 is 32.6. The lowest BCUT2D eigenvalue weighted by Gasteiger charge is -2.50. The highest BCUT2D eigenvalue weighted by Gasteiger charge is 2.39. The molecule has 0 aliphatic carbocycles. The predicted octanol–water partition coefficient (Wildman–Crippen LogP) is -1.36. The standard InChI is InChI=1S/C7H14N2O3S/c10-13(11,12)7-9-4-1-8(2-5-9)3-6-9/h1-7H2. The van der Waals surface area contributed by atoms with Crippen molar-refractivity contribution in [3.8, 4) is 0 Å². The molecule has 0 aromatic rings. The van der Waals surface area contributed by atoms with Crippen molar-refractivity contribution in [3.05, 3.63) is 0 Å². The molecule has 3 aliphatic rings. The molecule has 3 aliphatic heterocycles. The fourth-order valence-corrected chi connectivity index (χ4v) is 3.32. The van der Waals surface area contributed by atoms with Crippen LogP contribution in [0.1, 0.15) is 0 Å². The molecule has 0 amide bonds. The molecule has 0 saturated carbocycles. The predicted molar refractivity (Wildman–Crippen MR) is 45.9 cm³/mol. The first kappa shape index (κ1) is 9.39. The topological polar surface area (TPSA) is 60.4 Å². The van der Waals surface area contributed by atoms with Gasteiger partial charge in [0.1, 0.15) is 10.1 Å². The van der Waals surface area contributed by atoms with Gasteiger partial charge in [0, 0.05) is 19.6 Å². The van der Waals surface area contributed by atoms with E-state index in [0.29, 0.717) is 4.48 Å². The Balaban J connectivity index is 2.11. The van der Waals surface area contributed by atoms with Gasteiger partial charge in [-0.2, -0.15) is 0 Å². The summed E-state index contributed by atoms with van der Waals surface area (Å²) in [6, 6.07) is 0. The van der Waals surface area contributed by atoms with Crippen LogP contribution >= 0.6 is 0 Å². The molecule has 0 spiro atoms. The Labute approximate surface area is 78.3 Å². The molecule has 0 N–H and O–H groups in total. The Hall–Kier alpha value is -0.170. The molecule has 0 aromatic heterocycles. The van der Waals surface area contributed by atoms with E-state index in [2.05, 4.69) is 4.90 Å². The van der Waals surface area contributed by atoms with Crippen LogP contribution in [-0.4, -0.2) is 67.5 Å². The van der Waals surface area contributed by atoms with Crippen molar-refractivity contribution in [1.29, 1.82) is 0 Å². The fraction of sp³-hybridized carbons (Fsp3) is 1.00. The van der Waals surface area contributed by atoms with Crippen LogP contribution in [0.2, 0.25) is 0 Å². The number of quaternary nitrogens is 1. The van der Waals surface area contributed by atoms with Gasteiger partial charge in [0.05, 0.1) is 19.6 Å². The van der Waals surface area contributed by atoms with Crippen LogP contribution in [0.25, 0.3) is 0 Å². The van der Waals surface area contributed by atoms with Gasteiger partial charge in [-0.1, -0.05) is 0 Å². The van der Waals surface area contributed by atoms with Gasteiger partial charge in [-0.05, 0) is 0 Å². The second kappa shape index (κ2) is 2.91. The van der Waals surface area contributed by atoms with Gasteiger partial charge in [0.15, 0.2) is 5.88 Å². The first-order chi connectivity index (χ1) is 5.99. The summed E-state index contributed by atoms with van der Waals surface area (Å²) in [5.74, 6) is -0.208. The molecule has 3 saturated heterocycles. The lowest BCUT2D eigenvalue weighted by atomic mass is 10.2. The molecule has 0 radical (unpaired) electrons. The zero-order valence-electron chi connectivity index (χ0n) is 7.48. The molecule has 3 rings (SSSR count). The Morgan fingerprint density at radius 3 is 2.00 bits per heavy atom. The van der Waals surface area contributed by atoms with Crippen LogP contribution in [0.3, 0.4) is 0 Å². The van der Waals surface area contributed by atoms with Gasteiger partial charge >= 0.3 is 0 Å². The SMILES string of the molecule is O=S(=O)([O-])C[N+]12CCN(CC1)CC2. The first-order valence-corrected chi connectivity index (χ1v) is 6.08. The average molecular weight is 206 g/mol. The number of hydrogen-bond donors (Lipinski definition) is 0. The van der Waals surface area contributed by atoms with Crippen molar-refractivity contribution in [1.82, 2.24) is 4.90 Å². The molecule has 13 heavy (non-hydrogen) atoms. The van der Waals surface area contributed by atoms with E-state index in [1.54, 1.807) is 0 Å². The van der Waals surface area contributed by atoms with Crippen molar-refractivity contribution in [3.63, 3.8) is 0 Å². The smallest absolute Gasteiger partial charge is 0.169 e. The van der Waals surface area contributed by atoms with Crippen LogP contribution in [0.5, 0.6) is 0 Å².